The highest BCUT2D eigenvalue weighted by Gasteiger charge is 2.11. The third-order valence-electron chi connectivity index (χ3n) is 5.97. The molecule has 1 fully saturated rings. The van der Waals surface area contributed by atoms with Crippen LogP contribution in [0.5, 0.6) is 0 Å². The third-order valence-corrected chi connectivity index (χ3v) is 6.56. The summed E-state index contributed by atoms with van der Waals surface area (Å²) < 4.78 is 1.79. The monoisotopic (exact) mass is 480 g/mol. The Morgan fingerprint density at radius 2 is 1.73 bits per heavy atom. The lowest BCUT2D eigenvalue weighted by Gasteiger charge is -2.15. The molecule has 0 radical (unpaired) electrons. The van der Waals surface area contributed by atoms with E-state index in [9.17, 15) is 0 Å². The zero-order valence-electron chi connectivity index (χ0n) is 18.3. The Bertz CT molecular complexity index is 1230. The lowest BCUT2D eigenvalue weighted by atomic mass is 10.1. The molecule has 0 spiro atoms. The molecule has 0 unspecified atom stereocenters. The summed E-state index contributed by atoms with van der Waals surface area (Å²) >= 11 is 12.4. The first-order valence-corrected chi connectivity index (χ1v) is 12.0. The molecule has 5 rings (SSSR count). The summed E-state index contributed by atoms with van der Waals surface area (Å²) in [5.74, 6) is 0.846. The Morgan fingerprint density at radius 3 is 2.52 bits per heavy atom. The Hall–Kier alpha value is -2.80. The Kier molecular flexibility index (Phi) is 6.67. The largest absolute Gasteiger partial charge is 0.384 e. The van der Waals surface area contributed by atoms with E-state index < -0.39 is 0 Å². The number of nitrogens with zero attached hydrogens (tertiary/aromatic N) is 4. The molecule has 8 heteroatoms. The highest BCUT2D eigenvalue weighted by molar-refractivity contribution is 6.35. The second-order valence-electron chi connectivity index (χ2n) is 8.27. The Morgan fingerprint density at radius 1 is 0.909 bits per heavy atom. The quantitative estimate of drug-likeness (QED) is 0.332. The van der Waals surface area contributed by atoms with Crippen LogP contribution in [0, 0.1) is 0 Å². The number of hydrogen-bond acceptors (Lipinski definition) is 5. The molecule has 33 heavy (non-hydrogen) atoms. The molecule has 0 atom stereocenters. The smallest absolute Gasteiger partial charge is 0.157 e. The molecule has 0 saturated carbocycles. The lowest BCUT2D eigenvalue weighted by molar-refractivity contribution is 0.352. The van der Waals surface area contributed by atoms with E-state index in [2.05, 4.69) is 44.9 Å². The molecule has 0 amide bonds. The van der Waals surface area contributed by atoms with Crippen LogP contribution in [0.3, 0.4) is 0 Å². The van der Waals surface area contributed by atoms with Gasteiger partial charge in [0, 0.05) is 53.1 Å². The first-order chi connectivity index (χ1) is 16.2. The van der Waals surface area contributed by atoms with Gasteiger partial charge in [-0.1, -0.05) is 41.4 Å². The fourth-order valence-corrected chi connectivity index (χ4v) is 4.64. The van der Waals surface area contributed by atoms with Gasteiger partial charge in [-0.25, -0.2) is 4.98 Å². The highest BCUT2D eigenvalue weighted by Crippen LogP contribution is 2.26. The van der Waals surface area contributed by atoms with Crippen LogP contribution in [0.15, 0.2) is 60.8 Å². The van der Waals surface area contributed by atoms with Gasteiger partial charge in [0.15, 0.2) is 5.65 Å². The summed E-state index contributed by atoms with van der Waals surface area (Å²) in [5, 5.41) is 12.6. The van der Waals surface area contributed by atoms with E-state index in [1.165, 1.54) is 25.9 Å². The Labute approximate surface area is 203 Å². The molecular formula is C25H26Cl2N6. The molecule has 0 aliphatic carbocycles. The summed E-state index contributed by atoms with van der Waals surface area (Å²) in [6.07, 6.45) is 4.40. The van der Waals surface area contributed by atoms with Gasteiger partial charge < -0.3 is 15.5 Å². The van der Waals surface area contributed by atoms with E-state index in [4.69, 9.17) is 28.2 Å². The maximum absolute atomic E-state index is 6.34. The molecule has 3 heterocycles. The average molecular weight is 481 g/mol. The number of hydrogen-bond donors (Lipinski definition) is 2. The lowest BCUT2D eigenvalue weighted by Crippen LogP contribution is -2.25. The van der Waals surface area contributed by atoms with Crippen molar-refractivity contribution in [3.63, 3.8) is 0 Å². The molecule has 0 bridgehead atoms. The topological polar surface area (TPSA) is 57.5 Å². The number of rotatable bonds is 8. The van der Waals surface area contributed by atoms with Gasteiger partial charge in [-0.3, -0.25) is 0 Å². The summed E-state index contributed by atoms with van der Waals surface area (Å²) in [6, 6.07) is 17.9. The molecule has 4 aromatic rings. The molecule has 1 aliphatic heterocycles. The summed E-state index contributed by atoms with van der Waals surface area (Å²) in [4.78, 5) is 7.30. The minimum Gasteiger partial charge on any atom is -0.384 e. The summed E-state index contributed by atoms with van der Waals surface area (Å²) in [7, 11) is 0. The van der Waals surface area contributed by atoms with Gasteiger partial charge >= 0.3 is 0 Å². The van der Waals surface area contributed by atoms with Crippen molar-refractivity contribution >= 4 is 40.4 Å². The molecule has 1 saturated heterocycles. The predicted molar refractivity (Wildman–Crippen MR) is 136 cm³/mol. The van der Waals surface area contributed by atoms with Crippen LogP contribution < -0.4 is 10.6 Å². The molecular weight excluding hydrogens is 455 g/mol. The van der Waals surface area contributed by atoms with Gasteiger partial charge in [-0.2, -0.15) is 9.61 Å². The molecule has 1 aliphatic rings. The van der Waals surface area contributed by atoms with E-state index in [-0.39, 0.29) is 0 Å². The van der Waals surface area contributed by atoms with Crippen LogP contribution in [-0.2, 0) is 6.54 Å². The minimum absolute atomic E-state index is 0.550. The van der Waals surface area contributed by atoms with Gasteiger partial charge in [0.1, 0.15) is 5.82 Å². The van der Waals surface area contributed by atoms with E-state index in [1.54, 1.807) is 16.8 Å². The SMILES string of the molecule is Clc1ccc(CNc2cc(-c3ccc(NCCN4CCCC4)cc3)nc3ccnn23)c(Cl)c1. The number of fused-ring (bicyclic) bond motifs is 1. The van der Waals surface area contributed by atoms with Crippen LogP contribution in [0.2, 0.25) is 10.0 Å². The molecule has 2 N–H and O–H groups in total. The van der Waals surface area contributed by atoms with E-state index in [1.807, 2.05) is 24.3 Å². The summed E-state index contributed by atoms with van der Waals surface area (Å²) in [5.41, 5.74) is 4.81. The van der Waals surface area contributed by atoms with Crippen LogP contribution in [0.1, 0.15) is 18.4 Å². The maximum atomic E-state index is 6.34. The van der Waals surface area contributed by atoms with Crippen molar-refractivity contribution in [2.24, 2.45) is 0 Å². The van der Waals surface area contributed by atoms with Crippen molar-refractivity contribution in [2.75, 3.05) is 36.8 Å². The molecule has 2 aromatic carbocycles. The summed E-state index contributed by atoms with van der Waals surface area (Å²) in [6.45, 7) is 5.05. The number of likely N-dealkylation sites (tertiary alicyclic amines) is 1. The second-order valence-corrected chi connectivity index (χ2v) is 9.11. The van der Waals surface area contributed by atoms with Crippen molar-refractivity contribution in [1.82, 2.24) is 19.5 Å². The van der Waals surface area contributed by atoms with Crippen molar-refractivity contribution in [3.8, 4) is 11.3 Å². The van der Waals surface area contributed by atoms with Crippen LogP contribution in [-0.4, -0.2) is 45.7 Å². The predicted octanol–water partition coefficient (Wildman–Crippen LogP) is 5.82. The van der Waals surface area contributed by atoms with Gasteiger partial charge in [-0.05, 0) is 55.8 Å². The molecule has 170 valence electrons. The van der Waals surface area contributed by atoms with Gasteiger partial charge in [0.2, 0.25) is 0 Å². The van der Waals surface area contributed by atoms with Gasteiger partial charge in [0.25, 0.3) is 0 Å². The highest BCUT2D eigenvalue weighted by atomic mass is 35.5. The average Bonchev–Trinajstić information content (AvgIpc) is 3.51. The van der Waals surface area contributed by atoms with Crippen molar-refractivity contribution < 1.29 is 0 Å². The first kappa shape index (κ1) is 22.0. The number of halogens is 2. The zero-order chi connectivity index (χ0) is 22.6. The third kappa shape index (κ3) is 5.24. The van der Waals surface area contributed by atoms with Gasteiger partial charge in [0.05, 0.1) is 11.9 Å². The first-order valence-electron chi connectivity index (χ1n) is 11.2. The Balaban J connectivity index is 1.30. The van der Waals surface area contributed by atoms with Crippen LogP contribution >= 0.6 is 23.2 Å². The van der Waals surface area contributed by atoms with E-state index >= 15 is 0 Å². The van der Waals surface area contributed by atoms with E-state index in [0.29, 0.717) is 16.6 Å². The fraction of sp³-hybridized carbons (Fsp3) is 0.280. The van der Waals surface area contributed by atoms with Crippen molar-refractivity contribution in [1.29, 1.82) is 0 Å². The van der Waals surface area contributed by atoms with Crippen molar-refractivity contribution in [2.45, 2.75) is 19.4 Å². The zero-order valence-corrected chi connectivity index (χ0v) is 19.8. The number of nitrogens with one attached hydrogen (secondary N) is 2. The molecule has 2 aromatic heterocycles. The normalized spacial score (nSPS) is 14.1. The van der Waals surface area contributed by atoms with Gasteiger partial charge in [-0.15, -0.1) is 0 Å². The number of aromatic nitrogens is 3. The van der Waals surface area contributed by atoms with Crippen LogP contribution in [0.4, 0.5) is 11.5 Å². The molecule has 6 nitrogen and oxygen atoms in total. The van der Waals surface area contributed by atoms with Crippen molar-refractivity contribution in [3.05, 3.63) is 76.4 Å². The second kappa shape index (κ2) is 10.00. The van der Waals surface area contributed by atoms with E-state index in [0.717, 1.165) is 47.1 Å². The minimum atomic E-state index is 0.550. The number of benzene rings is 2. The maximum Gasteiger partial charge on any atom is 0.157 e. The fourth-order valence-electron chi connectivity index (χ4n) is 4.16. The van der Waals surface area contributed by atoms with Crippen LogP contribution in [0.25, 0.3) is 16.9 Å². The number of anilines is 2. The standard InChI is InChI=1S/C25H26Cl2N6/c26-20-6-3-19(22(27)15-20)17-29-25-16-23(31-24-9-10-30-33(24)25)18-4-7-21(8-5-18)28-11-14-32-12-1-2-13-32/h3-10,15-16,28-29H,1-2,11-14,17H2.